The average molecular weight is 283 g/mol. The fourth-order valence-electron chi connectivity index (χ4n) is 1.48. The number of imidazole rings is 1. The molecule has 0 saturated carbocycles. The van der Waals surface area contributed by atoms with Gasteiger partial charge in [0.15, 0.2) is 0 Å². The SMILES string of the molecule is CSCc1cc(Br)ccc1-n1ccnc1. The van der Waals surface area contributed by atoms with Gasteiger partial charge in [0.25, 0.3) is 0 Å². The Morgan fingerprint density at radius 3 is 3.00 bits per heavy atom. The Bertz CT molecular complexity index is 440. The van der Waals surface area contributed by atoms with E-state index < -0.39 is 0 Å². The minimum absolute atomic E-state index is 1.01. The van der Waals surface area contributed by atoms with Crippen molar-refractivity contribution < 1.29 is 0 Å². The van der Waals surface area contributed by atoms with E-state index >= 15 is 0 Å². The van der Waals surface area contributed by atoms with Crippen molar-refractivity contribution >= 4 is 27.7 Å². The average Bonchev–Trinajstić information content (AvgIpc) is 2.71. The molecule has 0 atom stereocenters. The van der Waals surface area contributed by atoms with E-state index in [-0.39, 0.29) is 0 Å². The van der Waals surface area contributed by atoms with Gasteiger partial charge in [-0.05, 0) is 30.0 Å². The molecule has 2 aromatic rings. The van der Waals surface area contributed by atoms with E-state index in [4.69, 9.17) is 0 Å². The third-order valence-electron chi connectivity index (χ3n) is 2.12. The Hall–Kier alpha value is -0.740. The Kier molecular flexibility index (Phi) is 3.49. The molecule has 4 heteroatoms. The van der Waals surface area contributed by atoms with Gasteiger partial charge in [-0.3, -0.25) is 0 Å². The Morgan fingerprint density at radius 2 is 2.33 bits per heavy atom. The van der Waals surface area contributed by atoms with E-state index in [1.807, 2.05) is 28.9 Å². The molecule has 1 aromatic carbocycles. The molecule has 0 bridgehead atoms. The van der Waals surface area contributed by atoms with Crippen molar-refractivity contribution in [2.45, 2.75) is 5.75 Å². The van der Waals surface area contributed by atoms with Crippen LogP contribution in [0.2, 0.25) is 0 Å². The van der Waals surface area contributed by atoms with Crippen LogP contribution < -0.4 is 0 Å². The Balaban J connectivity index is 2.46. The number of hydrogen-bond donors (Lipinski definition) is 0. The lowest BCUT2D eigenvalue weighted by atomic mass is 10.2. The normalized spacial score (nSPS) is 10.5. The first-order valence-corrected chi connectivity index (χ1v) is 6.75. The molecule has 0 N–H and O–H groups in total. The van der Waals surface area contributed by atoms with Gasteiger partial charge in [0.05, 0.1) is 12.0 Å². The van der Waals surface area contributed by atoms with Crippen molar-refractivity contribution in [2.24, 2.45) is 0 Å². The number of thioether (sulfide) groups is 1. The van der Waals surface area contributed by atoms with Crippen molar-refractivity contribution in [1.82, 2.24) is 9.55 Å². The van der Waals surface area contributed by atoms with Gasteiger partial charge in [-0.2, -0.15) is 11.8 Å². The van der Waals surface area contributed by atoms with Crippen molar-refractivity contribution in [1.29, 1.82) is 0 Å². The zero-order valence-electron chi connectivity index (χ0n) is 8.35. The highest BCUT2D eigenvalue weighted by Crippen LogP contribution is 2.23. The maximum absolute atomic E-state index is 4.07. The van der Waals surface area contributed by atoms with Crippen LogP contribution in [0, 0.1) is 0 Å². The van der Waals surface area contributed by atoms with Gasteiger partial charge in [0.1, 0.15) is 0 Å². The maximum atomic E-state index is 4.07. The van der Waals surface area contributed by atoms with E-state index in [9.17, 15) is 0 Å². The summed E-state index contributed by atoms with van der Waals surface area (Å²) >= 11 is 5.32. The zero-order valence-corrected chi connectivity index (χ0v) is 10.8. The van der Waals surface area contributed by atoms with Crippen molar-refractivity contribution in [2.75, 3.05) is 6.26 Å². The first kappa shape index (κ1) is 10.8. The lowest BCUT2D eigenvalue weighted by molar-refractivity contribution is 1.04. The molecule has 0 unspecified atom stereocenters. The van der Waals surface area contributed by atoms with Gasteiger partial charge in [0.2, 0.25) is 0 Å². The van der Waals surface area contributed by atoms with E-state index in [2.05, 4.69) is 45.4 Å². The highest BCUT2D eigenvalue weighted by atomic mass is 79.9. The number of hydrogen-bond acceptors (Lipinski definition) is 2. The van der Waals surface area contributed by atoms with Crippen molar-refractivity contribution in [3.63, 3.8) is 0 Å². The summed E-state index contributed by atoms with van der Waals surface area (Å²) in [7, 11) is 0. The molecule has 2 nitrogen and oxygen atoms in total. The van der Waals surface area contributed by atoms with Gasteiger partial charge >= 0.3 is 0 Å². The smallest absolute Gasteiger partial charge is 0.0991 e. The van der Waals surface area contributed by atoms with Crippen LogP contribution >= 0.6 is 27.7 Å². The van der Waals surface area contributed by atoms with Gasteiger partial charge in [-0.1, -0.05) is 15.9 Å². The zero-order chi connectivity index (χ0) is 10.7. The first-order chi connectivity index (χ1) is 7.31. The summed E-state index contributed by atoms with van der Waals surface area (Å²) in [4.78, 5) is 4.07. The highest BCUT2D eigenvalue weighted by Gasteiger charge is 2.04. The second-order valence-corrected chi connectivity index (χ2v) is 4.96. The minimum Gasteiger partial charge on any atom is -0.306 e. The van der Waals surface area contributed by atoms with E-state index in [1.54, 1.807) is 6.20 Å². The monoisotopic (exact) mass is 282 g/mol. The molecule has 0 aliphatic carbocycles. The molecule has 0 fully saturated rings. The van der Waals surface area contributed by atoms with Crippen LogP contribution in [0.3, 0.4) is 0 Å². The second kappa shape index (κ2) is 4.86. The molecule has 0 radical (unpaired) electrons. The molecule has 0 aliphatic heterocycles. The number of nitrogens with zero attached hydrogens (tertiary/aromatic N) is 2. The number of benzene rings is 1. The largest absolute Gasteiger partial charge is 0.306 e. The van der Waals surface area contributed by atoms with E-state index in [0.717, 1.165) is 10.2 Å². The van der Waals surface area contributed by atoms with E-state index in [0.29, 0.717) is 0 Å². The number of aromatic nitrogens is 2. The van der Waals surface area contributed by atoms with Crippen LogP contribution in [0.4, 0.5) is 0 Å². The molecule has 1 heterocycles. The molecule has 0 spiro atoms. The molecular weight excluding hydrogens is 272 g/mol. The predicted molar refractivity (Wildman–Crippen MR) is 68.5 cm³/mol. The van der Waals surface area contributed by atoms with Crippen molar-refractivity contribution in [3.05, 3.63) is 47.0 Å². The number of halogens is 1. The quantitative estimate of drug-likeness (QED) is 0.858. The summed E-state index contributed by atoms with van der Waals surface area (Å²) in [6.45, 7) is 0. The van der Waals surface area contributed by atoms with Crippen LogP contribution in [0.1, 0.15) is 5.56 Å². The predicted octanol–water partition coefficient (Wildman–Crippen LogP) is 3.50. The van der Waals surface area contributed by atoms with Crippen LogP contribution in [0.25, 0.3) is 5.69 Å². The van der Waals surface area contributed by atoms with Gasteiger partial charge < -0.3 is 4.57 Å². The van der Waals surface area contributed by atoms with E-state index in [1.165, 1.54) is 11.3 Å². The Labute approximate surface area is 102 Å². The molecular formula is C11H11BrN2S. The first-order valence-electron chi connectivity index (χ1n) is 4.57. The lowest BCUT2D eigenvalue weighted by Crippen LogP contribution is -1.96. The van der Waals surface area contributed by atoms with Gasteiger partial charge in [-0.15, -0.1) is 0 Å². The minimum atomic E-state index is 1.01. The summed E-state index contributed by atoms with van der Waals surface area (Å²) in [6.07, 6.45) is 7.70. The third kappa shape index (κ3) is 2.44. The lowest BCUT2D eigenvalue weighted by Gasteiger charge is -2.09. The fourth-order valence-corrected chi connectivity index (χ4v) is 2.43. The fraction of sp³-hybridized carbons (Fsp3) is 0.182. The van der Waals surface area contributed by atoms with Gasteiger partial charge in [-0.25, -0.2) is 4.98 Å². The maximum Gasteiger partial charge on any atom is 0.0991 e. The second-order valence-electron chi connectivity index (χ2n) is 3.18. The Morgan fingerprint density at radius 1 is 1.47 bits per heavy atom. The third-order valence-corrected chi connectivity index (χ3v) is 3.22. The standard InChI is InChI=1S/C11H11BrN2S/c1-15-7-9-6-10(12)2-3-11(9)14-5-4-13-8-14/h2-6,8H,7H2,1H3. The van der Waals surface area contributed by atoms with Crippen LogP contribution in [-0.4, -0.2) is 15.8 Å². The summed E-state index contributed by atoms with van der Waals surface area (Å²) < 4.78 is 3.16. The van der Waals surface area contributed by atoms with Crippen LogP contribution in [0.5, 0.6) is 0 Å². The molecule has 0 amide bonds. The molecule has 15 heavy (non-hydrogen) atoms. The summed E-state index contributed by atoms with van der Waals surface area (Å²) in [5, 5.41) is 0. The van der Waals surface area contributed by atoms with Gasteiger partial charge in [0, 0.05) is 22.6 Å². The van der Waals surface area contributed by atoms with Crippen LogP contribution in [-0.2, 0) is 5.75 Å². The van der Waals surface area contributed by atoms with Crippen molar-refractivity contribution in [3.8, 4) is 5.69 Å². The topological polar surface area (TPSA) is 17.8 Å². The summed E-state index contributed by atoms with van der Waals surface area (Å²) in [6, 6.07) is 6.32. The summed E-state index contributed by atoms with van der Waals surface area (Å²) in [5.41, 5.74) is 2.51. The molecule has 0 aliphatic rings. The number of rotatable bonds is 3. The molecule has 1 aromatic heterocycles. The molecule has 0 saturated heterocycles. The van der Waals surface area contributed by atoms with Crippen LogP contribution in [0.15, 0.2) is 41.4 Å². The molecule has 78 valence electrons. The summed E-state index contributed by atoms with van der Waals surface area (Å²) in [5.74, 6) is 1.01. The highest BCUT2D eigenvalue weighted by molar-refractivity contribution is 9.10. The molecule has 2 rings (SSSR count).